The van der Waals surface area contributed by atoms with E-state index in [2.05, 4.69) is 45.2 Å². The molecule has 10 heteroatoms. The Morgan fingerprint density at radius 3 is 2.67 bits per heavy atom. The van der Waals surface area contributed by atoms with Crippen LogP contribution in [0.25, 0.3) is 0 Å². The van der Waals surface area contributed by atoms with E-state index in [1.165, 1.54) is 17.7 Å². The van der Waals surface area contributed by atoms with E-state index in [-0.39, 0.29) is 23.0 Å². The number of rotatable bonds is 8. The summed E-state index contributed by atoms with van der Waals surface area (Å²) in [6, 6.07) is 10.0. The van der Waals surface area contributed by atoms with Crippen molar-refractivity contribution < 1.29 is 9.18 Å². The number of anilines is 2. The van der Waals surface area contributed by atoms with Gasteiger partial charge >= 0.3 is 0 Å². The van der Waals surface area contributed by atoms with Gasteiger partial charge in [0, 0.05) is 45.0 Å². The normalized spacial score (nSPS) is 14.5. The van der Waals surface area contributed by atoms with Crippen molar-refractivity contribution in [1.29, 1.82) is 0 Å². The van der Waals surface area contributed by atoms with Crippen molar-refractivity contribution in [2.75, 3.05) is 36.9 Å². The van der Waals surface area contributed by atoms with Crippen LogP contribution >= 0.6 is 24.0 Å². The van der Waals surface area contributed by atoms with E-state index in [4.69, 9.17) is 11.6 Å². The predicted octanol–water partition coefficient (Wildman–Crippen LogP) is 5.47. The molecule has 1 N–H and O–H groups in total. The number of carbonyl (C=O) groups is 1. The highest BCUT2D eigenvalue weighted by Crippen LogP contribution is 2.23. The number of pyridine rings is 1. The van der Waals surface area contributed by atoms with Crippen LogP contribution in [0, 0.1) is 5.82 Å². The summed E-state index contributed by atoms with van der Waals surface area (Å²) in [7, 11) is 2.05. The first-order valence-electron chi connectivity index (χ1n) is 12.0. The van der Waals surface area contributed by atoms with Crippen molar-refractivity contribution >= 4 is 41.6 Å². The van der Waals surface area contributed by atoms with Gasteiger partial charge in [-0.2, -0.15) is 5.10 Å². The van der Waals surface area contributed by atoms with Crippen LogP contribution in [-0.2, 0) is 6.42 Å². The molecule has 1 aromatic carbocycles. The molecule has 3 heterocycles. The van der Waals surface area contributed by atoms with Crippen LogP contribution in [0.2, 0.25) is 5.02 Å². The summed E-state index contributed by atoms with van der Waals surface area (Å²) >= 11 is 6.02. The van der Waals surface area contributed by atoms with E-state index in [0.29, 0.717) is 17.9 Å². The number of hydrogen-bond acceptors (Lipinski definition) is 5. The average molecular weight is 535 g/mol. The first-order valence-corrected chi connectivity index (χ1v) is 12.4. The van der Waals surface area contributed by atoms with Gasteiger partial charge in [-0.15, -0.1) is 12.4 Å². The number of piperidine rings is 1. The predicted molar refractivity (Wildman–Crippen MR) is 145 cm³/mol. The Morgan fingerprint density at radius 2 is 2.00 bits per heavy atom. The third-order valence-electron chi connectivity index (χ3n) is 6.52. The van der Waals surface area contributed by atoms with Gasteiger partial charge in [0.15, 0.2) is 0 Å². The molecule has 1 amide bonds. The summed E-state index contributed by atoms with van der Waals surface area (Å²) in [5.74, 6) is 0.322. The van der Waals surface area contributed by atoms with E-state index in [9.17, 15) is 9.18 Å². The van der Waals surface area contributed by atoms with E-state index in [0.717, 1.165) is 50.8 Å². The molecule has 1 saturated heterocycles. The summed E-state index contributed by atoms with van der Waals surface area (Å²) in [5, 5.41) is 7.27. The van der Waals surface area contributed by atoms with Gasteiger partial charge in [0.2, 0.25) is 0 Å². The lowest BCUT2D eigenvalue weighted by molar-refractivity contribution is 0.102. The monoisotopic (exact) mass is 534 g/mol. The number of benzene rings is 1. The minimum absolute atomic E-state index is 0. The molecule has 4 rings (SSSR count). The maximum Gasteiger partial charge on any atom is 0.258 e. The highest BCUT2D eigenvalue weighted by molar-refractivity contribution is 6.34. The van der Waals surface area contributed by atoms with Crippen LogP contribution in [0.1, 0.15) is 48.7 Å². The molecule has 0 bridgehead atoms. The maximum absolute atomic E-state index is 13.3. The summed E-state index contributed by atoms with van der Waals surface area (Å²) in [4.78, 5) is 21.9. The third-order valence-corrected chi connectivity index (χ3v) is 6.83. The minimum Gasteiger partial charge on any atom is -0.357 e. The molecule has 0 aliphatic carbocycles. The van der Waals surface area contributed by atoms with Gasteiger partial charge in [-0.3, -0.25) is 9.48 Å². The summed E-state index contributed by atoms with van der Waals surface area (Å²) in [6.07, 6.45) is 7.22. The minimum atomic E-state index is -0.485. The van der Waals surface area contributed by atoms with Crippen molar-refractivity contribution in [1.82, 2.24) is 19.7 Å². The zero-order valence-electron chi connectivity index (χ0n) is 20.8. The summed E-state index contributed by atoms with van der Waals surface area (Å²) in [5.41, 5.74) is 1.49. The topological polar surface area (TPSA) is 66.3 Å². The van der Waals surface area contributed by atoms with Gasteiger partial charge in [0.25, 0.3) is 5.91 Å². The Hall–Kier alpha value is -2.68. The smallest absolute Gasteiger partial charge is 0.258 e. The Bertz CT molecular complexity index is 1160. The molecular weight excluding hydrogens is 502 g/mol. The average Bonchev–Trinajstić information content (AvgIpc) is 3.32. The molecule has 1 aliphatic heterocycles. The summed E-state index contributed by atoms with van der Waals surface area (Å²) < 4.78 is 15.3. The van der Waals surface area contributed by atoms with Crippen molar-refractivity contribution in [3.05, 3.63) is 70.8 Å². The molecule has 0 unspecified atom stereocenters. The molecular formula is C26H33Cl2FN6O. The fourth-order valence-corrected chi connectivity index (χ4v) is 4.59. The van der Waals surface area contributed by atoms with Crippen LogP contribution < -0.4 is 10.2 Å². The van der Waals surface area contributed by atoms with Crippen LogP contribution in [0.5, 0.6) is 0 Å². The number of halogens is 3. The number of nitrogens with zero attached hydrogens (tertiary/aromatic N) is 5. The van der Waals surface area contributed by atoms with Gasteiger partial charge in [-0.25, -0.2) is 9.37 Å². The lowest BCUT2D eigenvalue weighted by Gasteiger charge is -2.37. The number of nitrogens with one attached hydrogen (secondary N) is 1. The molecule has 0 radical (unpaired) electrons. The Balaban J connectivity index is 0.00000361. The zero-order chi connectivity index (χ0) is 24.9. The van der Waals surface area contributed by atoms with E-state index in [1.807, 2.05) is 30.1 Å². The summed E-state index contributed by atoms with van der Waals surface area (Å²) in [6.45, 7) is 7.38. The molecule has 7 nitrogen and oxygen atoms in total. The maximum atomic E-state index is 13.3. The lowest BCUT2D eigenvalue weighted by Crippen LogP contribution is -2.44. The molecule has 3 aromatic rings. The molecule has 0 atom stereocenters. The van der Waals surface area contributed by atoms with Crippen LogP contribution in [0.3, 0.4) is 0 Å². The van der Waals surface area contributed by atoms with Crippen molar-refractivity contribution in [3.63, 3.8) is 0 Å². The van der Waals surface area contributed by atoms with Gasteiger partial charge in [0.05, 0.1) is 16.8 Å². The van der Waals surface area contributed by atoms with Gasteiger partial charge in [0.1, 0.15) is 17.5 Å². The van der Waals surface area contributed by atoms with Crippen molar-refractivity contribution in [3.8, 4) is 0 Å². The van der Waals surface area contributed by atoms with Crippen molar-refractivity contribution in [2.24, 2.45) is 0 Å². The number of amides is 1. The molecule has 36 heavy (non-hydrogen) atoms. The molecule has 0 saturated carbocycles. The van der Waals surface area contributed by atoms with E-state index < -0.39 is 11.7 Å². The first-order chi connectivity index (χ1) is 16.8. The number of carbonyl (C=O) groups excluding carboxylic acids is 1. The Kier molecular flexibility index (Phi) is 9.70. The van der Waals surface area contributed by atoms with Gasteiger partial charge < -0.3 is 15.1 Å². The van der Waals surface area contributed by atoms with Crippen LogP contribution in [0.15, 0.2) is 48.8 Å². The van der Waals surface area contributed by atoms with Gasteiger partial charge in [-0.05, 0) is 69.0 Å². The highest BCUT2D eigenvalue weighted by Gasteiger charge is 2.23. The second-order valence-corrected chi connectivity index (χ2v) is 9.72. The zero-order valence-corrected chi connectivity index (χ0v) is 22.4. The molecule has 0 spiro atoms. The quantitative estimate of drug-likeness (QED) is 0.415. The van der Waals surface area contributed by atoms with Gasteiger partial charge in [-0.1, -0.05) is 17.7 Å². The van der Waals surface area contributed by atoms with Crippen LogP contribution in [-0.4, -0.2) is 58.3 Å². The Morgan fingerprint density at radius 1 is 1.25 bits per heavy atom. The van der Waals surface area contributed by atoms with E-state index in [1.54, 1.807) is 6.07 Å². The molecule has 2 aromatic heterocycles. The number of hydrogen-bond donors (Lipinski definition) is 1. The fraction of sp³-hybridized carbons (Fsp3) is 0.423. The number of aromatic nitrogens is 3. The highest BCUT2D eigenvalue weighted by atomic mass is 35.5. The van der Waals surface area contributed by atoms with Crippen LogP contribution in [0.4, 0.5) is 16.0 Å². The molecule has 1 fully saturated rings. The Labute approximate surface area is 223 Å². The molecule has 194 valence electrons. The van der Waals surface area contributed by atoms with Crippen molar-refractivity contribution in [2.45, 2.75) is 45.2 Å². The SMILES string of the molecule is CC(C)n1cc(CCN2CCC(N(C)c3cccc(NC(=O)c4ccc(F)cc4Cl)n3)CC2)cn1.Cl. The fourth-order valence-electron chi connectivity index (χ4n) is 4.34. The largest absolute Gasteiger partial charge is 0.357 e. The lowest BCUT2D eigenvalue weighted by atomic mass is 10.0. The number of likely N-dealkylation sites (tertiary alicyclic amines) is 1. The molecule has 1 aliphatic rings. The third kappa shape index (κ3) is 6.96. The second kappa shape index (κ2) is 12.5. The first kappa shape index (κ1) is 27.9. The van der Waals surface area contributed by atoms with E-state index >= 15 is 0 Å². The second-order valence-electron chi connectivity index (χ2n) is 9.32. The standard InChI is InChI=1S/C26H32ClFN6O.ClH/c1-18(2)34-17-19(16-29-34)9-12-33-13-10-21(11-14-33)32(3)25-6-4-5-24(30-25)31-26(35)22-8-7-20(28)15-23(22)27;/h4-8,15-18,21H,9-14H2,1-3H3,(H,30,31,35);1H.